The molecule has 1 heterocycles. The summed E-state index contributed by atoms with van der Waals surface area (Å²) in [7, 11) is 1.57. The zero-order valence-corrected chi connectivity index (χ0v) is 20.8. The van der Waals surface area contributed by atoms with Gasteiger partial charge in [0.25, 0.3) is 5.56 Å². The Labute approximate surface area is 214 Å². The van der Waals surface area contributed by atoms with Crippen LogP contribution in [-0.4, -0.2) is 19.9 Å². The summed E-state index contributed by atoms with van der Waals surface area (Å²) in [5.74, 6) is -1.41. The molecule has 0 radical (unpaired) electrons. The van der Waals surface area contributed by atoms with Gasteiger partial charge in [-0.25, -0.2) is 13.5 Å². The van der Waals surface area contributed by atoms with Gasteiger partial charge in [-0.1, -0.05) is 36.4 Å². The summed E-state index contributed by atoms with van der Waals surface area (Å²) in [6.45, 7) is 2.04. The molecule has 0 spiro atoms. The number of nitrogens with zero attached hydrogens (tertiary/aromatic N) is 1. The van der Waals surface area contributed by atoms with Crippen LogP contribution < -0.4 is 19.8 Å². The number of rotatable bonds is 9. The minimum atomic E-state index is -2.59. The molecule has 0 aliphatic rings. The molecule has 4 rings (SSSR count). The van der Waals surface area contributed by atoms with E-state index in [4.69, 9.17) is 9.47 Å². The number of aryl methyl sites for hydroxylation is 1. The fourth-order valence-electron chi connectivity index (χ4n) is 3.86. The van der Waals surface area contributed by atoms with Crippen LogP contribution in [0.25, 0.3) is 11.1 Å². The summed E-state index contributed by atoms with van der Waals surface area (Å²) in [6, 6.07) is 17.3. The standard InChI is InChI=1S/C27H24F2N2O5S/c1-3-35-25-15-26(32)31(2)16-21(25)20-13-18(27(30-37(33)34)17-7-5-4-6-8-17)9-11-23(20)36-24-12-10-19(28)14-22(24)29/h4-16,27,30H,3H2,1-2H3,(H,33,34)/p-1. The minimum absolute atomic E-state index is 0.184. The molecule has 2 atom stereocenters. The first-order valence-corrected chi connectivity index (χ1v) is 12.4. The number of hydrogen-bond acceptors (Lipinski definition) is 5. The summed E-state index contributed by atoms with van der Waals surface area (Å²) in [5.41, 5.74) is 1.79. The van der Waals surface area contributed by atoms with Crippen molar-refractivity contribution in [3.8, 4) is 28.4 Å². The highest BCUT2D eigenvalue weighted by Crippen LogP contribution is 2.40. The van der Waals surface area contributed by atoms with Crippen molar-refractivity contribution < 1.29 is 27.0 Å². The molecule has 2 unspecified atom stereocenters. The van der Waals surface area contributed by atoms with Crippen LogP contribution in [0.2, 0.25) is 0 Å². The van der Waals surface area contributed by atoms with Crippen LogP contribution in [0.4, 0.5) is 8.78 Å². The molecule has 3 aromatic carbocycles. The Hall–Kier alpha value is -3.86. The lowest BCUT2D eigenvalue weighted by molar-refractivity contribution is 0.340. The molecule has 4 aromatic rings. The molecule has 192 valence electrons. The first-order valence-electron chi connectivity index (χ1n) is 11.3. The zero-order valence-electron chi connectivity index (χ0n) is 19.9. The smallest absolute Gasteiger partial charge is 0.254 e. The van der Waals surface area contributed by atoms with Gasteiger partial charge < -0.3 is 18.6 Å². The van der Waals surface area contributed by atoms with Gasteiger partial charge in [0.1, 0.15) is 17.3 Å². The van der Waals surface area contributed by atoms with Gasteiger partial charge in [0.15, 0.2) is 11.6 Å². The number of nitrogens with one attached hydrogen (secondary N) is 1. The Bertz CT molecular complexity index is 1490. The maximum atomic E-state index is 14.4. The molecular formula is C27H23F2N2O5S-. The largest absolute Gasteiger partial charge is 0.760 e. The highest BCUT2D eigenvalue weighted by molar-refractivity contribution is 7.77. The Balaban J connectivity index is 1.93. The van der Waals surface area contributed by atoms with Crippen molar-refractivity contribution in [1.29, 1.82) is 0 Å². The molecule has 0 saturated carbocycles. The Morgan fingerprint density at radius 1 is 0.946 bits per heavy atom. The first kappa shape index (κ1) is 26.2. The molecule has 37 heavy (non-hydrogen) atoms. The van der Waals surface area contributed by atoms with Crippen molar-refractivity contribution in [2.24, 2.45) is 7.05 Å². The van der Waals surface area contributed by atoms with Gasteiger partial charge in [-0.3, -0.25) is 9.00 Å². The predicted octanol–water partition coefficient (Wildman–Crippen LogP) is 4.99. The monoisotopic (exact) mass is 525 g/mol. The molecule has 1 N–H and O–H groups in total. The third kappa shape index (κ3) is 6.11. The normalized spacial score (nSPS) is 12.7. The van der Waals surface area contributed by atoms with Crippen LogP contribution in [0.3, 0.4) is 0 Å². The maximum Gasteiger partial charge on any atom is 0.254 e. The lowest BCUT2D eigenvalue weighted by atomic mass is 9.95. The van der Waals surface area contributed by atoms with Gasteiger partial charge in [-0.15, -0.1) is 0 Å². The van der Waals surface area contributed by atoms with Crippen molar-refractivity contribution in [3.63, 3.8) is 0 Å². The van der Waals surface area contributed by atoms with E-state index in [0.29, 0.717) is 28.3 Å². The number of aromatic nitrogens is 1. The van der Waals surface area contributed by atoms with Crippen LogP contribution in [0.15, 0.2) is 83.8 Å². The molecule has 0 aliphatic heterocycles. The second-order valence-corrected chi connectivity index (χ2v) is 8.77. The van der Waals surface area contributed by atoms with E-state index in [1.165, 1.54) is 16.7 Å². The summed E-state index contributed by atoms with van der Waals surface area (Å²) in [4.78, 5) is 12.3. The lowest BCUT2D eigenvalue weighted by Gasteiger charge is -2.23. The molecular weight excluding hydrogens is 502 g/mol. The Morgan fingerprint density at radius 2 is 1.68 bits per heavy atom. The highest BCUT2D eigenvalue weighted by Gasteiger charge is 2.21. The van der Waals surface area contributed by atoms with Gasteiger partial charge in [0.05, 0.1) is 12.6 Å². The van der Waals surface area contributed by atoms with Gasteiger partial charge in [-0.2, -0.15) is 0 Å². The average Bonchev–Trinajstić information content (AvgIpc) is 2.87. The fraction of sp³-hybridized carbons (Fsp3) is 0.148. The summed E-state index contributed by atoms with van der Waals surface area (Å²) in [5, 5.41) is 0. The SMILES string of the molecule is CCOc1cc(=O)n(C)cc1-c1cc(C(NS(=O)[O-])c2ccccc2)ccc1Oc1ccc(F)cc1F. The number of ether oxygens (including phenoxy) is 2. The van der Waals surface area contributed by atoms with Gasteiger partial charge in [0.2, 0.25) is 0 Å². The van der Waals surface area contributed by atoms with Crippen LogP contribution in [-0.2, 0) is 18.3 Å². The molecule has 1 aromatic heterocycles. The molecule has 0 saturated heterocycles. The van der Waals surface area contributed by atoms with Crippen molar-refractivity contribution in [1.82, 2.24) is 9.29 Å². The van der Waals surface area contributed by atoms with Crippen LogP contribution >= 0.6 is 0 Å². The predicted molar refractivity (Wildman–Crippen MR) is 135 cm³/mol. The number of halogens is 2. The van der Waals surface area contributed by atoms with E-state index < -0.39 is 28.9 Å². The van der Waals surface area contributed by atoms with Crippen LogP contribution in [0, 0.1) is 11.6 Å². The average molecular weight is 526 g/mol. The molecule has 0 amide bonds. The van der Waals surface area contributed by atoms with Crippen molar-refractivity contribution >= 4 is 11.3 Å². The number of benzene rings is 3. The number of hydrogen-bond donors (Lipinski definition) is 1. The summed E-state index contributed by atoms with van der Waals surface area (Å²) in [6.07, 6.45) is 1.55. The van der Waals surface area contributed by atoms with E-state index in [1.807, 2.05) is 6.07 Å². The summed E-state index contributed by atoms with van der Waals surface area (Å²) >= 11 is -2.59. The minimum Gasteiger partial charge on any atom is -0.760 e. The van der Waals surface area contributed by atoms with Gasteiger partial charge in [-0.05, 0) is 42.3 Å². The zero-order chi connectivity index (χ0) is 26.5. The summed E-state index contributed by atoms with van der Waals surface area (Å²) < 4.78 is 66.6. The van der Waals surface area contributed by atoms with E-state index in [1.54, 1.807) is 62.6 Å². The van der Waals surface area contributed by atoms with E-state index in [9.17, 15) is 22.3 Å². The van der Waals surface area contributed by atoms with E-state index in [2.05, 4.69) is 4.72 Å². The van der Waals surface area contributed by atoms with Crippen molar-refractivity contribution in [2.75, 3.05) is 6.61 Å². The highest BCUT2D eigenvalue weighted by atomic mass is 32.2. The molecule has 10 heteroatoms. The lowest BCUT2D eigenvalue weighted by Crippen LogP contribution is -2.24. The maximum absolute atomic E-state index is 14.4. The molecule has 7 nitrogen and oxygen atoms in total. The van der Waals surface area contributed by atoms with Crippen molar-refractivity contribution in [2.45, 2.75) is 13.0 Å². The topological polar surface area (TPSA) is 92.6 Å². The van der Waals surface area contributed by atoms with Crippen molar-refractivity contribution in [3.05, 3.63) is 112 Å². The van der Waals surface area contributed by atoms with E-state index in [0.717, 1.165) is 6.07 Å². The molecule has 0 bridgehead atoms. The first-order chi connectivity index (χ1) is 17.8. The second-order valence-electron chi connectivity index (χ2n) is 8.06. The third-order valence-electron chi connectivity index (χ3n) is 5.58. The quantitative estimate of drug-likeness (QED) is 0.311. The molecule has 0 aliphatic carbocycles. The third-order valence-corrected chi connectivity index (χ3v) is 6.01. The fourth-order valence-corrected chi connectivity index (χ4v) is 4.33. The van der Waals surface area contributed by atoms with Gasteiger partial charge in [0, 0.05) is 47.8 Å². The molecule has 0 fully saturated rings. The second kappa shape index (κ2) is 11.5. The Morgan fingerprint density at radius 3 is 2.35 bits per heavy atom. The van der Waals surface area contributed by atoms with Crippen LogP contribution in [0.1, 0.15) is 24.1 Å². The van der Waals surface area contributed by atoms with E-state index in [-0.39, 0.29) is 29.4 Å². The van der Waals surface area contributed by atoms with E-state index >= 15 is 0 Å². The number of pyridine rings is 1. The Kier molecular flexibility index (Phi) is 8.12. The van der Waals surface area contributed by atoms with Crippen LogP contribution in [0.5, 0.6) is 17.2 Å². The van der Waals surface area contributed by atoms with Gasteiger partial charge >= 0.3 is 0 Å².